The van der Waals surface area contributed by atoms with Crippen molar-refractivity contribution in [2.45, 2.75) is 19.5 Å². The highest BCUT2D eigenvalue weighted by molar-refractivity contribution is 5.36. The van der Waals surface area contributed by atoms with Crippen LogP contribution in [-0.2, 0) is 12.5 Å². The highest BCUT2D eigenvalue weighted by Gasteiger charge is 2.24. The molecule has 0 aliphatic heterocycles. The second-order valence-corrected chi connectivity index (χ2v) is 5.26. The Morgan fingerprint density at radius 3 is 2.84 bits per heavy atom. The maximum atomic E-state index is 13.4. The van der Waals surface area contributed by atoms with E-state index in [4.69, 9.17) is 9.47 Å². The quantitative estimate of drug-likeness (QED) is 0.682. The number of nitrogens with zero attached hydrogens (tertiary/aromatic N) is 5. The minimum absolute atomic E-state index is 0.0802. The van der Waals surface area contributed by atoms with Crippen LogP contribution in [-0.4, -0.2) is 32.1 Å². The van der Waals surface area contributed by atoms with Crippen LogP contribution in [0.25, 0.3) is 5.69 Å². The van der Waals surface area contributed by atoms with Gasteiger partial charge in [-0.1, -0.05) is 17.3 Å². The second kappa shape index (κ2) is 6.80. The number of ether oxygens (including phenoxy) is 2. The first kappa shape index (κ1) is 16.7. The standard InChI is InChI=1S/C16H15F2N5O2/c1-16(17,18)11-4-3-5-13(8-11)23-9-12(21-22-23)10-25-15-19-7-6-14(20-15)24-2/h3-9H,10H2,1-2H3. The lowest BCUT2D eigenvalue weighted by atomic mass is 10.1. The van der Waals surface area contributed by atoms with E-state index in [1.54, 1.807) is 24.4 Å². The van der Waals surface area contributed by atoms with E-state index in [2.05, 4.69) is 20.3 Å². The number of benzene rings is 1. The first-order chi connectivity index (χ1) is 12.0. The summed E-state index contributed by atoms with van der Waals surface area (Å²) < 4.78 is 38.7. The lowest BCUT2D eigenvalue weighted by molar-refractivity contribution is 0.0174. The molecular formula is C16H15F2N5O2. The van der Waals surface area contributed by atoms with Gasteiger partial charge in [0.05, 0.1) is 19.0 Å². The highest BCUT2D eigenvalue weighted by Crippen LogP contribution is 2.28. The molecule has 0 radical (unpaired) electrons. The van der Waals surface area contributed by atoms with Crippen molar-refractivity contribution >= 4 is 0 Å². The van der Waals surface area contributed by atoms with Crippen molar-refractivity contribution in [3.63, 3.8) is 0 Å². The van der Waals surface area contributed by atoms with Crippen LogP contribution >= 0.6 is 0 Å². The molecule has 0 aliphatic carbocycles. The summed E-state index contributed by atoms with van der Waals surface area (Å²) in [5.74, 6) is -2.54. The number of hydrogen-bond acceptors (Lipinski definition) is 6. The van der Waals surface area contributed by atoms with Crippen LogP contribution in [0.5, 0.6) is 11.9 Å². The number of halogens is 2. The predicted molar refractivity (Wildman–Crippen MR) is 83.8 cm³/mol. The van der Waals surface area contributed by atoms with Crippen molar-refractivity contribution < 1.29 is 18.3 Å². The van der Waals surface area contributed by atoms with E-state index in [0.29, 0.717) is 17.3 Å². The molecule has 0 saturated heterocycles. The van der Waals surface area contributed by atoms with Gasteiger partial charge >= 0.3 is 6.01 Å². The largest absolute Gasteiger partial charge is 0.481 e. The van der Waals surface area contributed by atoms with E-state index in [-0.39, 0.29) is 18.2 Å². The minimum Gasteiger partial charge on any atom is -0.481 e. The molecule has 130 valence electrons. The molecule has 0 saturated carbocycles. The number of methoxy groups -OCH3 is 1. The van der Waals surface area contributed by atoms with Crippen LogP contribution in [0.3, 0.4) is 0 Å². The maximum absolute atomic E-state index is 13.4. The predicted octanol–water partition coefficient (Wildman–Crippen LogP) is 2.76. The average Bonchev–Trinajstić information content (AvgIpc) is 3.09. The van der Waals surface area contributed by atoms with Gasteiger partial charge in [0.2, 0.25) is 5.88 Å². The summed E-state index contributed by atoms with van der Waals surface area (Å²) in [5, 5.41) is 7.89. The molecule has 0 amide bonds. The lowest BCUT2D eigenvalue weighted by Gasteiger charge is -2.11. The molecule has 0 aliphatic rings. The smallest absolute Gasteiger partial charge is 0.320 e. The first-order valence-corrected chi connectivity index (χ1v) is 7.35. The molecule has 2 heterocycles. The molecule has 0 fully saturated rings. The van der Waals surface area contributed by atoms with Gasteiger partial charge in [0.1, 0.15) is 12.3 Å². The van der Waals surface area contributed by atoms with Crippen molar-refractivity contribution in [3.8, 4) is 17.6 Å². The maximum Gasteiger partial charge on any atom is 0.320 e. The van der Waals surface area contributed by atoms with Crippen molar-refractivity contribution in [1.29, 1.82) is 0 Å². The van der Waals surface area contributed by atoms with Gasteiger partial charge in [-0.2, -0.15) is 4.98 Å². The third kappa shape index (κ3) is 4.06. The molecule has 0 unspecified atom stereocenters. The Morgan fingerprint density at radius 1 is 1.24 bits per heavy atom. The SMILES string of the molecule is COc1ccnc(OCc2cn(-c3cccc(C(C)(F)F)c3)nn2)n1. The van der Waals surface area contributed by atoms with E-state index in [1.165, 1.54) is 30.1 Å². The van der Waals surface area contributed by atoms with E-state index < -0.39 is 5.92 Å². The monoisotopic (exact) mass is 347 g/mol. The molecular weight excluding hydrogens is 332 g/mol. The lowest BCUT2D eigenvalue weighted by Crippen LogP contribution is -2.08. The Morgan fingerprint density at radius 2 is 2.08 bits per heavy atom. The Bertz CT molecular complexity index is 863. The third-order valence-corrected chi connectivity index (χ3v) is 3.32. The molecule has 1 aromatic carbocycles. The molecule has 0 N–H and O–H groups in total. The van der Waals surface area contributed by atoms with Crippen molar-refractivity contribution in [2.75, 3.05) is 7.11 Å². The summed E-state index contributed by atoms with van der Waals surface area (Å²) >= 11 is 0. The molecule has 0 atom stereocenters. The summed E-state index contributed by atoms with van der Waals surface area (Å²) in [7, 11) is 1.49. The van der Waals surface area contributed by atoms with E-state index in [9.17, 15) is 8.78 Å². The van der Waals surface area contributed by atoms with Gasteiger partial charge < -0.3 is 9.47 Å². The Hall–Kier alpha value is -3.10. The van der Waals surface area contributed by atoms with Crippen LogP contribution in [0.4, 0.5) is 8.78 Å². The molecule has 25 heavy (non-hydrogen) atoms. The third-order valence-electron chi connectivity index (χ3n) is 3.32. The number of alkyl halides is 2. The topological polar surface area (TPSA) is 75.0 Å². The van der Waals surface area contributed by atoms with Crippen LogP contribution in [0.15, 0.2) is 42.7 Å². The van der Waals surface area contributed by atoms with Gasteiger partial charge in [-0.05, 0) is 12.1 Å². The van der Waals surface area contributed by atoms with Crippen LogP contribution < -0.4 is 9.47 Å². The normalized spacial score (nSPS) is 11.4. The Balaban J connectivity index is 1.72. The molecule has 7 nitrogen and oxygen atoms in total. The van der Waals surface area contributed by atoms with Gasteiger partial charge in [-0.25, -0.2) is 18.4 Å². The fourth-order valence-corrected chi connectivity index (χ4v) is 2.06. The summed E-state index contributed by atoms with van der Waals surface area (Å²) in [5.41, 5.74) is 0.888. The van der Waals surface area contributed by atoms with Crippen LogP contribution in [0.2, 0.25) is 0 Å². The van der Waals surface area contributed by atoms with E-state index >= 15 is 0 Å². The highest BCUT2D eigenvalue weighted by atomic mass is 19.3. The van der Waals surface area contributed by atoms with Gasteiger partial charge in [0.25, 0.3) is 5.92 Å². The fraction of sp³-hybridized carbons (Fsp3) is 0.250. The fourth-order valence-electron chi connectivity index (χ4n) is 2.06. The molecule has 9 heteroatoms. The zero-order valence-corrected chi connectivity index (χ0v) is 13.6. The van der Waals surface area contributed by atoms with Crippen molar-refractivity contribution in [2.24, 2.45) is 0 Å². The van der Waals surface area contributed by atoms with Gasteiger partial charge in [-0.3, -0.25) is 0 Å². The first-order valence-electron chi connectivity index (χ1n) is 7.35. The van der Waals surface area contributed by atoms with E-state index in [0.717, 1.165) is 6.92 Å². The number of rotatable bonds is 6. The summed E-state index contributed by atoms with van der Waals surface area (Å²) in [6.45, 7) is 0.928. The summed E-state index contributed by atoms with van der Waals surface area (Å²) in [4.78, 5) is 7.97. The van der Waals surface area contributed by atoms with Crippen LogP contribution in [0.1, 0.15) is 18.2 Å². The van der Waals surface area contributed by atoms with Gasteiger partial charge in [0, 0.05) is 24.8 Å². The van der Waals surface area contributed by atoms with Gasteiger partial charge in [-0.15, -0.1) is 5.10 Å². The molecule has 2 aromatic heterocycles. The number of hydrogen-bond donors (Lipinski definition) is 0. The molecule has 3 aromatic rings. The Labute approximate surface area is 142 Å². The zero-order chi connectivity index (χ0) is 17.9. The molecule has 3 rings (SSSR count). The van der Waals surface area contributed by atoms with Gasteiger partial charge in [0.15, 0.2) is 0 Å². The van der Waals surface area contributed by atoms with E-state index in [1.807, 2.05) is 0 Å². The van der Waals surface area contributed by atoms with Crippen molar-refractivity contribution in [3.05, 3.63) is 54.0 Å². The van der Waals surface area contributed by atoms with Crippen molar-refractivity contribution in [1.82, 2.24) is 25.0 Å². The average molecular weight is 347 g/mol. The summed E-state index contributed by atoms with van der Waals surface area (Å²) in [6.07, 6.45) is 3.10. The summed E-state index contributed by atoms with van der Waals surface area (Å²) in [6, 6.07) is 7.68. The Kier molecular flexibility index (Phi) is 4.55. The molecule has 0 spiro atoms. The number of aromatic nitrogens is 5. The second-order valence-electron chi connectivity index (χ2n) is 5.26. The minimum atomic E-state index is -2.92. The van der Waals surface area contributed by atoms with Crippen LogP contribution in [0, 0.1) is 0 Å². The zero-order valence-electron chi connectivity index (χ0n) is 13.6. The molecule has 0 bridgehead atoms.